The highest BCUT2D eigenvalue weighted by Crippen LogP contribution is 2.20. The average molecular weight is 240 g/mol. The SMILES string of the molecule is COC1CCC(NCCC2CCCCN2)CC1. The van der Waals surface area contributed by atoms with Crippen molar-refractivity contribution in [2.75, 3.05) is 20.2 Å². The number of nitrogens with one attached hydrogen (secondary N) is 2. The van der Waals surface area contributed by atoms with Gasteiger partial charge in [-0.1, -0.05) is 6.42 Å². The largest absolute Gasteiger partial charge is 0.381 e. The minimum atomic E-state index is 0.521. The fraction of sp³-hybridized carbons (Fsp3) is 1.00. The summed E-state index contributed by atoms with van der Waals surface area (Å²) < 4.78 is 5.40. The van der Waals surface area contributed by atoms with Gasteiger partial charge in [-0.2, -0.15) is 0 Å². The molecule has 1 saturated carbocycles. The van der Waals surface area contributed by atoms with Crippen LogP contribution in [0, 0.1) is 0 Å². The maximum Gasteiger partial charge on any atom is 0.0572 e. The Kier molecular flexibility index (Phi) is 5.75. The van der Waals surface area contributed by atoms with Crippen LogP contribution < -0.4 is 10.6 Å². The highest BCUT2D eigenvalue weighted by molar-refractivity contribution is 4.79. The van der Waals surface area contributed by atoms with Crippen LogP contribution in [0.5, 0.6) is 0 Å². The van der Waals surface area contributed by atoms with E-state index in [0.717, 1.165) is 12.1 Å². The maximum absolute atomic E-state index is 5.40. The van der Waals surface area contributed by atoms with Crippen molar-refractivity contribution in [2.24, 2.45) is 0 Å². The minimum Gasteiger partial charge on any atom is -0.381 e. The fourth-order valence-corrected chi connectivity index (χ4v) is 3.13. The van der Waals surface area contributed by atoms with Crippen molar-refractivity contribution in [1.82, 2.24) is 10.6 Å². The topological polar surface area (TPSA) is 33.3 Å². The van der Waals surface area contributed by atoms with E-state index in [0.29, 0.717) is 6.10 Å². The highest BCUT2D eigenvalue weighted by atomic mass is 16.5. The third-order valence-corrected chi connectivity index (χ3v) is 4.35. The summed E-state index contributed by atoms with van der Waals surface area (Å²) in [6, 6.07) is 1.51. The van der Waals surface area contributed by atoms with E-state index in [2.05, 4.69) is 10.6 Å². The lowest BCUT2D eigenvalue weighted by Gasteiger charge is -2.29. The van der Waals surface area contributed by atoms with E-state index in [4.69, 9.17) is 4.74 Å². The van der Waals surface area contributed by atoms with E-state index < -0.39 is 0 Å². The van der Waals surface area contributed by atoms with Crippen LogP contribution in [0.2, 0.25) is 0 Å². The molecule has 1 atom stereocenters. The Morgan fingerprint density at radius 2 is 1.94 bits per heavy atom. The smallest absolute Gasteiger partial charge is 0.0572 e. The summed E-state index contributed by atoms with van der Waals surface area (Å²) in [5, 5.41) is 7.33. The van der Waals surface area contributed by atoms with E-state index in [1.54, 1.807) is 0 Å². The third-order valence-electron chi connectivity index (χ3n) is 4.35. The Balaban J connectivity index is 1.53. The molecule has 2 aliphatic rings. The Hall–Kier alpha value is -0.120. The van der Waals surface area contributed by atoms with Crippen molar-refractivity contribution in [1.29, 1.82) is 0 Å². The predicted molar refractivity (Wildman–Crippen MR) is 71.3 cm³/mol. The molecule has 2 rings (SSSR count). The number of methoxy groups -OCH3 is 1. The zero-order valence-corrected chi connectivity index (χ0v) is 11.2. The molecule has 0 spiro atoms. The van der Waals surface area contributed by atoms with Gasteiger partial charge in [0.05, 0.1) is 6.10 Å². The fourth-order valence-electron chi connectivity index (χ4n) is 3.13. The van der Waals surface area contributed by atoms with Gasteiger partial charge in [0.1, 0.15) is 0 Å². The monoisotopic (exact) mass is 240 g/mol. The minimum absolute atomic E-state index is 0.521. The Labute approximate surface area is 106 Å². The molecule has 1 aliphatic carbocycles. The Morgan fingerprint density at radius 3 is 2.59 bits per heavy atom. The second kappa shape index (κ2) is 7.34. The molecule has 1 unspecified atom stereocenters. The number of piperidine rings is 1. The maximum atomic E-state index is 5.40. The van der Waals surface area contributed by atoms with Gasteiger partial charge in [0.25, 0.3) is 0 Å². The molecule has 0 radical (unpaired) electrons. The highest BCUT2D eigenvalue weighted by Gasteiger charge is 2.20. The van der Waals surface area contributed by atoms with Gasteiger partial charge in [-0.05, 0) is 58.0 Å². The van der Waals surface area contributed by atoms with Gasteiger partial charge in [-0.25, -0.2) is 0 Å². The second-order valence-electron chi connectivity index (χ2n) is 5.60. The van der Waals surface area contributed by atoms with Crippen LogP contribution in [0.15, 0.2) is 0 Å². The standard InChI is InChI=1S/C14H28N2O/c1-17-14-7-5-13(6-8-14)16-11-9-12-4-2-3-10-15-12/h12-16H,2-11H2,1H3. The van der Waals surface area contributed by atoms with Gasteiger partial charge in [-0.3, -0.25) is 0 Å². The van der Waals surface area contributed by atoms with Gasteiger partial charge in [0, 0.05) is 19.2 Å². The van der Waals surface area contributed by atoms with Gasteiger partial charge >= 0.3 is 0 Å². The molecule has 100 valence electrons. The van der Waals surface area contributed by atoms with Gasteiger partial charge < -0.3 is 15.4 Å². The first-order valence-electron chi connectivity index (χ1n) is 7.38. The molecule has 2 fully saturated rings. The summed E-state index contributed by atoms with van der Waals surface area (Å²) in [5.41, 5.74) is 0. The predicted octanol–water partition coefficient (Wildman–Crippen LogP) is 2.07. The lowest BCUT2D eigenvalue weighted by molar-refractivity contribution is 0.0624. The van der Waals surface area contributed by atoms with E-state index in [9.17, 15) is 0 Å². The lowest BCUT2D eigenvalue weighted by Crippen LogP contribution is -2.40. The van der Waals surface area contributed by atoms with Crippen LogP contribution in [0.3, 0.4) is 0 Å². The number of hydrogen-bond donors (Lipinski definition) is 2. The Morgan fingerprint density at radius 1 is 1.12 bits per heavy atom. The van der Waals surface area contributed by atoms with Crippen LogP contribution in [0.25, 0.3) is 0 Å². The molecule has 1 heterocycles. The number of hydrogen-bond acceptors (Lipinski definition) is 3. The normalized spacial score (nSPS) is 34.8. The Bertz CT molecular complexity index is 196. The van der Waals surface area contributed by atoms with Crippen LogP contribution in [-0.4, -0.2) is 38.4 Å². The van der Waals surface area contributed by atoms with E-state index in [1.807, 2.05) is 7.11 Å². The summed E-state index contributed by atoms with van der Waals surface area (Å²) in [5.74, 6) is 0. The molecule has 1 aliphatic heterocycles. The zero-order chi connectivity index (χ0) is 11.9. The molecular weight excluding hydrogens is 212 g/mol. The number of rotatable bonds is 5. The quantitative estimate of drug-likeness (QED) is 0.772. The third kappa shape index (κ3) is 4.57. The first-order chi connectivity index (χ1) is 8.38. The molecule has 3 nitrogen and oxygen atoms in total. The van der Waals surface area contributed by atoms with Crippen molar-refractivity contribution >= 4 is 0 Å². The zero-order valence-electron chi connectivity index (χ0n) is 11.2. The molecule has 17 heavy (non-hydrogen) atoms. The van der Waals surface area contributed by atoms with E-state index >= 15 is 0 Å². The summed E-state index contributed by atoms with van der Waals surface area (Å²) in [6.07, 6.45) is 11.0. The molecule has 3 heteroatoms. The molecule has 0 aromatic heterocycles. The molecule has 0 bridgehead atoms. The second-order valence-corrected chi connectivity index (χ2v) is 5.60. The first kappa shape index (κ1) is 13.3. The van der Waals surface area contributed by atoms with Crippen molar-refractivity contribution in [2.45, 2.75) is 69.6 Å². The van der Waals surface area contributed by atoms with Crippen LogP contribution in [-0.2, 0) is 4.74 Å². The molecule has 0 aromatic rings. The van der Waals surface area contributed by atoms with E-state index in [1.165, 1.54) is 64.5 Å². The summed E-state index contributed by atoms with van der Waals surface area (Å²) >= 11 is 0. The van der Waals surface area contributed by atoms with E-state index in [-0.39, 0.29) is 0 Å². The first-order valence-corrected chi connectivity index (χ1v) is 7.38. The summed E-state index contributed by atoms with van der Waals surface area (Å²) in [6.45, 7) is 2.41. The average Bonchev–Trinajstić information content (AvgIpc) is 2.41. The van der Waals surface area contributed by atoms with Crippen molar-refractivity contribution in [3.63, 3.8) is 0 Å². The molecule has 2 N–H and O–H groups in total. The molecule has 1 saturated heterocycles. The molecule has 0 aromatic carbocycles. The summed E-state index contributed by atoms with van der Waals surface area (Å²) in [7, 11) is 1.84. The van der Waals surface area contributed by atoms with Crippen molar-refractivity contribution in [3.8, 4) is 0 Å². The lowest BCUT2D eigenvalue weighted by atomic mass is 9.92. The van der Waals surface area contributed by atoms with Gasteiger partial charge in [0.15, 0.2) is 0 Å². The molecule has 0 amide bonds. The van der Waals surface area contributed by atoms with Crippen molar-refractivity contribution in [3.05, 3.63) is 0 Å². The van der Waals surface area contributed by atoms with Crippen LogP contribution >= 0.6 is 0 Å². The van der Waals surface area contributed by atoms with Crippen LogP contribution in [0.4, 0.5) is 0 Å². The van der Waals surface area contributed by atoms with Gasteiger partial charge in [0.2, 0.25) is 0 Å². The van der Waals surface area contributed by atoms with Crippen LogP contribution in [0.1, 0.15) is 51.4 Å². The number of ether oxygens (including phenoxy) is 1. The van der Waals surface area contributed by atoms with Crippen molar-refractivity contribution < 1.29 is 4.74 Å². The molecular formula is C14H28N2O. The van der Waals surface area contributed by atoms with Gasteiger partial charge in [-0.15, -0.1) is 0 Å². The summed E-state index contributed by atoms with van der Waals surface area (Å²) in [4.78, 5) is 0.